The number of allylic oxidation sites excluding steroid dienone is 1. The molecule has 1 aromatic carbocycles. The van der Waals surface area contributed by atoms with Crippen LogP contribution in [0.5, 0.6) is 5.75 Å². The summed E-state index contributed by atoms with van der Waals surface area (Å²) in [4.78, 5) is 22.8. The molecule has 0 saturated heterocycles. The van der Waals surface area contributed by atoms with Crippen LogP contribution >= 0.6 is 0 Å². The van der Waals surface area contributed by atoms with Gasteiger partial charge in [0.25, 0.3) is 0 Å². The summed E-state index contributed by atoms with van der Waals surface area (Å²) in [5, 5.41) is 8.87. The van der Waals surface area contributed by atoms with Crippen LogP contribution in [-0.4, -0.2) is 24.0 Å². The Bertz CT molecular complexity index is 594. The van der Waals surface area contributed by atoms with Gasteiger partial charge in [0.2, 0.25) is 11.6 Å². The number of aliphatic carboxylic acids is 1. The molecule has 0 spiro atoms. The van der Waals surface area contributed by atoms with Gasteiger partial charge in [0.15, 0.2) is 17.4 Å². The number of carbonyl (C=O) groups excluding carboxylic acids is 1. The van der Waals surface area contributed by atoms with Gasteiger partial charge in [-0.15, -0.1) is 0 Å². The number of carboxylic acid groups (broad SMARTS) is 1. The Hall–Kier alpha value is -2.31. The summed E-state index contributed by atoms with van der Waals surface area (Å²) in [6, 6.07) is 0.307. The van der Waals surface area contributed by atoms with E-state index in [4.69, 9.17) is 5.11 Å². The maximum Gasteiger partial charge on any atom is 0.339 e. The topological polar surface area (TPSA) is 63.6 Å². The van der Waals surface area contributed by atoms with Crippen molar-refractivity contribution in [3.8, 4) is 5.75 Å². The minimum atomic E-state index is -1.59. The van der Waals surface area contributed by atoms with Gasteiger partial charge in [-0.3, -0.25) is 4.79 Å². The Balaban J connectivity index is 3.47. The maximum atomic E-state index is 13.9. The molecule has 0 aromatic heterocycles. The van der Waals surface area contributed by atoms with Crippen LogP contribution in [0.25, 0.3) is 0 Å². The molecule has 1 N–H and O–H groups in total. The average Bonchev–Trinajstić information content (AvgIpc) is 2.39. The first-order valence-electron chi connectivity index (χ1n) is 5.54. The van der Waals surface area contributed by atoms with Crippen molar-refractivity contribution in [3.05, 3.63) is 40.7 Å². The lowest BCUT2D eigenvalue weighted by Gasteiger charge is -2.09. The number of Topliss-reactive ketones (excluding diaryl/α,β-unsaturated/α-hetero) is 1. The molecule has 108 valence electrons. The van der Waals surface area contributed by atoms with E-state index in [1.807, 2.05) is 0 Å². The molecule has 1 rings (SSSR count). The number of carboxylic acids is 1. The Morgan fingerprint density at radius 1 is 1.30 bits per heavy atom. The van der Waals surface area contributed by atoms with Gasteiger partial charge in [-0.2, -0.15) is 4.39 Å². The fraction of sp³-hybridized carbons (Fsp3) is 0.231. The van der Waals surface area contributed by atoms with E-state index >= 15 is 0 Å². The molecular weight excluding hydrogens is 277 g/mol. The number of hydrogen-bond donors (Lipinski definition) is 1. The number of rotatable bonds is 5. The van der Waals surface area contributed by atoms with Crippen LogP contribution in [0.4, 0.5) is 13.2 Å². The monoisotopic (exact) mass is 288 g/mol. The van der Waals surface area contributed by atoms with Gasteiger partial charge in [0.05, 0.1) is 12.7 Å². The largest absolute Gasteiger partial charge is 0.491 e. The van der Waals surface area contributed by atoms with E-state index in [9.17, 15) is 22.8 Å². The van der Waals surface area contributed by atoms with E-state index in [0.717, 1.165) is 13.2 Å². The summed E-state index contributed by atoms with van der Waals surface area (Å²) < 4.78 is 44.7. The average molecular weight is 288 g/mol. The molecule has 1 aromatic rings. The summed E-state index contributed by atoms with van der Waals surface area (Å²) in [7, 11) is 0.898. The van der Waals surface area contributed by atoms with Crippen molar-refractivity contribution in [1.29, 1.82) is 0 Å². The molecule has 0 amide bonds. The summed E-state index contributed by atoms with van der Waals surface area (Å²) in [6.45, 7) is 1.57. The Morgan fingerprint density at radius 3 is 2.35 bits per heavy atom. The highest BCUT2D eigenvalue weighted by molar-refractivity contribution is 6.23. The zero-order chi connectivity index (χ0) is 15.4. The lowest BCUT2D eigenvalue weighted by molar-refractivity contribution is -0.132. The normalized spacial score (nSPS) is 11.3. The molecule has 0 bridgehead atoms. The first-order chi connectivity index (χ1) is 9.34. The lowest BCUT2D eigenvalue weighted by atomic mass is 10.0. The van der Waals surface area contributed by atoms with E-state index in [1.165, 1.54) is 0 Å². The number of ketones is 1. The predicted octanol–water partition coefficient (Wildman–Crippen LogP) is 2.72. The molecule has 20 heavy (non-hydrogen) atoms. The number of halogens is 3. The minimum Gasteiger partial charge on any atom is -0.491 e. The van der Waals surface area contributed by atoms with Gasteiger partial charge in [-0.1, -0.05) is 13.0 Å². The molecular formula is C13H11F3O4. The SMILES string of the molecule is CC/C=C(\C(=O)O)C(=O)c1cc(F)c(F)c(OC)c1F. The quantitative estimate of drug-likeness (QED) is 0.297. The van der Waals surface area contributed by atoms with Crippen LogP contribution in [0.3, 0.4) is 0 Å². The molecule has 0 aliphatic rings. The van der Waals surface area contributed by atoms with E-state index in [1.54, 1.807) is 6.92 Å². The molecule has 0 saturated carbocycles. The predicted molar refractivity (Wildman–Crippen MR) is 63.2 cm³/mol. The molecule has 0 heterocycles. The first kappa shape index (κ1) is 15.7. The van der Waals surface area contributed by atoms with Gasteiger partial charge in [-0.05, 0) is 12.5 Å². The Morgan fingerprint density at radius 2 is 1.90 bits per heavy atom. The number of carbonyl (C=O) groups is 2. The zero-order valence-electron chi connectivity index (χ0n) is 10.7. The highest BCUT2D eigenvalue weighted by atomic mass is 19.2. The molecule has 4 nitrogen and oxygen atoms in total. The van der Waals surface area contributed by atoms with Crippen molar-refractivity contribution in [2.24, 2.45) is 0 Å². The van der Waals surface area contributed by atoms with Crippen LogP contribution in [0.15, 0.2) is 17.7 Å². The van der Waals surface area contributed by atoms with Gasteiger partial charge in [0, 0.05) is 0 Å². The molecule has 7 heteroatoms. The summed E-state index contributed by atoms with van der Waals surface area (Å²) in [6.07, 6.45) is 1.26. The Kier molecular flexibility index (Phi) is 4.90. The second-order valence-electron chi connectivity index (χ2n) is 3.73. The van der Waals surface area contributed by atoms with Crippen LogP contribution < -0.4 is 4.74 Å². The molecule has 0 fully saturated rings. The van der Waals surface area contributed by atoms with Crippen molar-refractivity contribution in [3.63, 3.8) is 0 Å². The van der Waals surface area contributed by atoms with Crippen LogP contribution in [-0.2, 0) is 4.79 Å². The summed E-state index contributed by atoms with van der Waals surface area (Å²) in [5.74, 6) is -8.45. The van der Waals surface area contributed by atoms with E-state index < -0.39 is 46.1 Å². The fourth-order valence-electron chi connectivity index (χ4n) is 1.55. The number of benzene rings is 1. The Labute approximate surface area is 112 Å². The number of methoxy groups -OCH3 is 1. The third kappa shape index (κ3) is 2.81. The number of hydrogen-bond acceptors (Lipinski definition) is 3. The third-order valence-corrected chi connectivity index (χ3v) is 2.45. The molecule has 0 atom stereocenters. The van der Waals surface area contributed by atoms with Crippen molar-refractivity contribution < 1.29 is 32.6 Å². The molecule has 0 unspecified atom stereocenters. The van der Waals surface area contributed by atoms with Gasteiger partial charge >= 0.3 is 5.97 Å². The zero-order valence-corrected chi connectivity index (χ0v) is 10.7. The summed E-state index contributed by atoms with van der Waals surface area (Å²) >= 11 is 0. The van der Waals surface area contributed by atoms with Gasteiger partial charge in [0.1, 0.15) is 5.57 Å². The summed E-state index contributed by atoms with van der Waals surface area (Å²) in [5.41, 5.74) is -1.62. The van der Waals surface area contributed by atoms with Crippen LogP contribution in [0.1, 0.15) is 23.7 Å². The lowest BCUT2D eigenvalue weighted by Crippen LogP contribution is -2.15. The fourth-order valence-corrected chi connectivity index (χ4v) is 1.55. The van der Waals surface area contributed by atoms with E-state index in [-0.39, 0.29) is 6.42 Å². The van der Waals surface area contributed by atoms with E-state index in [2.05, 4.69) is 4.74 Å². The second kappa shape index (κ2) is 6.23. The minimum absolute atomic E-state index is 0.204. The van der Waals surface area contributed by atoms with Gasteiger partial charge < -0.3 is 9.84 Å². The van der Waals surface area contributed by atoms with Gasteiger partial charge in [-0.25, -0.2) is 13.6 Å². The van der Waals surface area contributed by atoms with Crippen molar-refractivity contribution in [1.82, 2.24) is 0 Å². The standard InChI is InChI=1S/C13H11F3O4/c1-3-4-6(13(18)19)11(17)7-5-8(14)10(16)12(20-2)9(7)15/h4-5H,3H2,1-2H3,(H,18,19)/b6-4-. The van der Waals surface area contributed by atoms with Crippen LogP contribution in [0, 0.1) is 17.5 Å². The van der Waals surface area contributed by atoms with E-state index in [0.29, 0.717) is 6.07 Å². The highest BCUT2D eigenvalue weighted by Crippen LogP contribution is 2.28. The second-order valence-corrected chi connectivity index (χ2v) is 3.73. The smallest absolute Gasteiger partial charge is 0.339 e. The van der Waals surface area contributed by atoms with Crippen molar-refractivity contribution >= 4 is 11.8 Å². The molecule has 0 aliphatic heterocycles. The third-order valence-electron chi connectivity index (χ3n) is 2.45. The molecule has 0 radical (unpaired) electrons. The first-order valence-corrected chi connectivity index (χ1v) is 5.54. The maximum absolute atomic E-state index is 13.9. The number of ether oxygens (including phenoxy) is 1. The van der Waals surface area contributed by atoms with Crippen LogP contribution in [0.2, 0.25) is 0 Å². The van der Waals surface area contributed by atoms with Crippen molar-refractivity contribution in [2.45, 2.75) is 13.3 Å². The molecule has 0 aliphatic carbocycles. The van der Waals surface area contributed by atoms with Crippen molar-refractivity contribution in [2.75, 3.05) is 7.11 Å². The highest BCUT2D eigenvalue weighted by Gasteiger charge is 2.27.